The summed E-state index contributed by atoms with van der Waals surface area (Å²) < 4.78 is 19.0. The fraction of sp³-hybridized carbons (Fsp3) is 0.345. The molecule has 35 heavy (non-hydrogen) atoms. The molecule has 0 spiro atoms. The quantitative estimate of drug-likeness (QED) is 0.459. The van der Waals surface area contributed by atoms with Gasteiger partial charge in [0.05, 0.1) is 6.17 Å². The van der Waals surface area contributed by atoms with Crippen molar-refractivity contribution in [2.45, 2.75) is 51.2 Å². The molecule has 0 bridgehead atoms. The Kier molecular flexibility index (Phi) is 6.01. The monoisotopic (exact) mass is 473 g/mol. The highest BCUT2D eigenvalue weighted by Crippen LogP contribution is 2.52. The van der Waals surface area contributed by atoms with Crippen LogP contribution >= 0.6 is 0 Å². The second-order valence-electron chi connectivity index (χ2n) is 10.2. The molecule has 5 rings (SSSR count). The topological polar surface area (TPSA) is 44.8 Å². The number of fused-ring (bicyclic) bond motifs is 3. The minimum atomic E-state index is -0.500. The first kappa shape index (κ1) is 23.4. The number of nitrogens with zero attached hydrogens (tertiary/aromatic N) is 2. The van der Waals surface area contributed by atoms with Crippen LogP contribution in [0.25, 0.3) is 0 Å². The predicted octanol–water partition coefficient (Wildman–Crippen LogP) is 6.50. The van der Waals surface area contributed by atoms with Crippen LogP contribution in [0, 0.1) is 5.82 Å². The van der Waals surface area contributed by atoms with E-state index < -0.39 is 6.09 Å². The first-order chi connectivity index (χ1) is 16.7. The van der Waals surface area contributed by atoms with Gasteiger partial charge in [-0.2, -0.15) is 0 Å². The van der Waals surface area contributed by atoms with Crippen molar-refractivity contribution in [1.82, 2.24) is 4.90 Å². The van der Waals surface area contributed by atoms with Crippen LogP contribution in [0.5, 0.6) is 5.75 Å². The summed E-state index contributed by atoms with van der Waals surface area (Å²) in [5.41, 5.74) is 5.28. The number of amides is 1. The SMILES string of the molecule is CC(C)c1ccc(NC(=O)Oc2ccc3c(c2)[C@]2(C)CCN(Cc4ccc(F)cc4)[C@@H]2N3C)cc1. The highest BCUT2D eigenvalue weighted by molar-refractivity contribution is 5.86. The summed E-state index contributed by atoms with van der Waals surface area (Å²) in [6.07, 6.45) is 0.680. The summed E-state index contributed by atoms with van der Waals surface area (Å²) in [4.78, 5) is 17.3. The Morgan fingerprint density at radius 1 is 1.11 bits per heavy atom. The Hall–Kier alpha value is -3.38. The van der Waals surface area contributed by atoms with Crippen molar-refractivity contribution >= 4 is 17.5 Å². The molecule has 1 saturated heterocycles. The van der Waals surface area contributed by atoms with E-state index in [1.54, 1.807) is 0 Å². The molecule has 0 saturated carbocycles. The molecular formula is C29H32FN3O2. The van der Waals surface area contributed by atoms with Crippen molar-refractivity contribution in [2.75, 3.05) is 23.8 Å². The van der Waals surface area contributed by atoms with E-state index in [-0.39, 0.29) is 17.4 Å². The van der Waals surface area contributed by atoms with Crippen molar-refractivity contribution in [3.05, 3.63) is 89.2 Å². The van der Waals surface area contributed by atoms with E-state index in [9.17, 15) is 9.18 Å². The van der Waals surface area contributed by atoms with Gasteiger partial charge in [0.25, 0.3) is 0 Å². The molecule has 182 valence electrons. The van der Waals surface area contributed by atoms with Gasteiger partial charge in [-0.05, 0) is 71.5 Å². The largest absolute Gasteiger partial charge is 0.417 e. The maximum atomic E-state index is 13.4. The van der Waals surface area contributed by atoms with Crippen LogP contribution in [0.3, 0.4) is 0 Å². The lowest BCUT2D eigenvalue weighted by Gasteiger charge is -2.34. The number of likely N-dealkylation sites (tertiary alicyclic amines) is 1. The fourth-order valence-corrected chi connectivity index (χ4v) is 5.64. The van der Waals surface area contributed by atoms with Crippen molar-refractivity contribution < 1.29 is 13.9 Å². The smallest absolute Gasteiger partial charge is 0.410 e. The zero-order valence-electron chi connectivity index (χ0n) is 20.7. The number of anilines is 2. The number of benzene rings is 3. The van der Waals surface area contributed by atoms with Gasteiger partial charge in [-0.25, -0.2) is 9.18 Å². The molecule has 3 aromatic carbocycles. The second kappa shape index (κ2) is 9.00. The average molecular weight is 474 g/mol. The lowest BCUT2D eigenvalue weighted by Crippen LogP contribution is -2.46. The summed E-state index contributed by atoms with van der Waals surface area (Å²) in [7, 11) is 2.12. The molecule has 2 heterocycles. The number of rotatable bonds is 5. The third kappa shape index (κ3) is 4.39. The third-order valence-corrected chi connectivity index (χ3v) is 7.50. The lowest BCUT2D eigenvalue weighted by molar-refractivity contribution is 0.213. The van der Waals surface area contributed by atoms with Crippen LogP contribution in [-0.4, -0.2) is 30.8 Å². The summed E-state index contributed by atoms with van der Waals surface area (Å²) >= 11 is 0. The van der Waals surface area contributed by atoms with Crippen LogP contribution in [0.4, 0.5) is 20.6 Å². The molecule has 2 aliphatic heterocycles. The van der Waals surface area contributed by atoms with Crippen LogP contribution in [-0.2, 0) is 12.0 Å². The number of ether oxygens (including phenoxy) is 1. The van der Waals surface area contributed by atoms with Crippen molar-refractivity contribution in [2.24, 2.45) is 0 Å². The minimum Gasteiger partial charge on any atom is -0.410 e. The molecule has 0 aromatic heterocycles. The Morgan fingerprint density at radius 3 is 2.51 bits per heavy atom. The van der Waals surface area contributed by atoms with Gasteiger partial charge >= 0.3 is 6.09 Å². The molecule has 6 heteroatoms. The van der Waals surface area contributed by atoms with Crippen LogP contribution in [0.15, 0.2) is 66.7 Å². The van der Waals surface area contributed by atoms with Gasteiger partial charge in [0.15, 0.2) is 0 Å². The maximum Gasteiger partial charge on any atom is 0.417 e. The summed E-state index contributed by atoms with van der Waals surface area (Å²) in [5, 5.41) is 2.82. The minimum absolute atomic E-state index is 0.0906. The summed E-state index contributed by atoms with van der Waals surface area (Å²) in [6, 6.07) is 20.5. The fourth-order valence-electron chi connectivity index (χ4n) is 5.64. The van der Waals surface area contributed by atoms with E-state index in [2.05, 4.69) is 42.9 Å². The Balaban J connectivity index is 1.30. The Bertz CT molecular complexity index is 1230. The van der Waals surface area contributed by atoms with Gasteiger partial charge < -0.3 is 9.64 Å². The van der Waals surface area contributed by atoms with Gasteiger partial charge in [-0.3, -0.25) is 10.2 Å². The molecule has 5 nitrogen and oxygen atoms in total. The molecular weight excluding hydrogens is 441 g/mol. The zero-order chi connectivity index (χ0) is 24.7. The zero-order valence-corrected chi connectivity index (χ0v) is 20.7. The molecule has 3 aromatic rings. The van der Waals surface area contributed by atoms with Crippen molar-refractivity contribution in [3.63, 3.8) is 0 Å². The Morgan fingerprint density at radius 2 is 1.83 bits per heavy atom. The van der Waals surface area contributed by atoms with Crippen LogP contribution in [0.1, 0.15) is 49.8 Å². The number of hydrogen-bond donors (Lipinski definition) is 1. The van der Waals surface area contributed by atoms with Gasteiger partial charge in [0, 0.05) is 36.9 Å². The number of halogens is 1. The van der Waals surface area contributed by atoms with Crippen molar-refractivity contribution in [3.8, 4) is 5.75 Å². The molecule has 0 radical (unpaired) electrons. The lowest BCUT2D eigenvalue weighted by atomic mass is 9.81. The number of carbonyl (C=O) groups is 1. The molecule has 0 unspecified atom stereocenters. The van der Waals surface area contributed by atoms with Crippen LogP contribution < -0.4 is 15.0 Å². The average Bonchev–Trinajstić information content (AvgIpc) is 3.27. The van der Waals surface area contributed by atoms with Gasteiger partial charge in [0.1, 0.15) is 11.6 Å². The first-order valence-corrected chi connectivity index (χ1v) is 12.2. The molecule has 2 atom stereocenters. The number of hydrogen-bond acceptors (Lipinski definition) is 4. The normalized spacial score (nSPS) is 21.2. The van der Waals surface area contributed by atoms with E-state index in [1.807, 2.05) is 54.6 Å². The van der Waals surface area contributed by atoms with Crippen LogP contribution in [0.2, 0.25) is 0 Å². The van der Waals surface area contributed by atoms with E-state index in [4.69, 9.17) is 4.74 Å². The summed E-state index contributed by atoms with van der Waals surface area (Å²) in [6.45, 7) is 8.27. The highest BCUT2D eigenvalue weighted by Gasteiger charge is 2.53. The summed E-state index contributed by atoms with van der Waals surface area (Å²) in [5.74, 6) is 0.759. The maximum absolute atomic E-state index is 13.4. The standard InChI is InChI=1S/C29H32FN3O2/c1-19(2)21-7-11-23(12-8-21)31-28(34)35-24-13-14-26-25(17-24)29(3)15-16-33(27(29)32(26)4)18-20-5-9-22(30)10-6-20/h5-14,17,19,27H,15-16,18H2,1-4H3,(H,31,34)/t27-,29-/m0/s1. The number of nitrogens with one attached hydrogen (secondary N) is 1. The molecule has 1 fully saturated rings. The first-order valence-electron chi connectivity index (χ1n) is 12.2. The van der Waals surface area contributed by atoms with E-state index in [0.29, 0.717) is 17.4 Å². The van der Waals surface area contributed by atoms with Crippen molar-refractivity contribution in [1.29, 1.82) is 0 Å². The second-order valence-corrected chi connectivity index (χ2v) is 10.2. The van der Waals surface area contributed by atoms with E-state index >= 15 is 0 Å². The highest BCUT2D eigenvalue weighted by atomic mass is 19.1. The predicted molar refractivity (Wildman–Crippen MR) is 138 cm³/mol. The third-order valence-electron chi connectivity index (χ3n) is 7.50. The van der Waals surface area contributed by atoms with Gasteiger partial charge in [-0.15, -0.1) is 0 Å². The molecule has 1 N–H and O–H groups in total. The Labute approximate surface area is 206 Å². The van der Waals surface area contributed by atoms with E-state index in [1.165, 1.54) is 23.3 Å². The number of carbonyl (C=O) groups excluding carboxylic acids is 1. The van der Waals surface area contributed by atoms with Gasteiger partial charge in [-0.1, -0.05) is 45.0 Å². The van der Waals surface area contributed by atoms with E-state index in [0.717, 1.165) is 30.8 Å². The molecule has 2 aliphatic rings. The van der Waals surface area contributed by atoms with Gasteiger partial charge in [0.2, 0.25) is 0 Å². The number of likely N-dealkylation sites (N-methyl/N-ethyl adjacent to an activating group) is 1. The molecule has 1 amide bonds. The molecule has 0 aliphatic carbocycles.